The lowest BCUT2D eigenvalue weighted by atomic mass is 10.2. The lowest BCUT2D eigenvalue weighted by Crippen LogP contribution is -2.39. The molecule has 0 aliphatic carbocycles. The van der Waals surface area contributed by atoms with E-state index >= 15 is 0 Å². The molecule has 1 amide bonds. The lowest BCUT2D eigenvalue weighted by molar-refractivity contribution is -0.119. The van der Waals surface area contributed by atoms with E-state index in [0.717, 1.165) is 10.6 Å². The van der Waals surface area contributed by atoms with Gasteiger partial charge < -0.3 is 18.9 Å². The Morgan fingerprint density at radius 3 is 2.36 bits per heavy atom. The second-order valence-electron chi connectivity index (χ2n) is 6.46. The van der Waals surface area contributed by atoms with Crippen molar-refractivity contribution in [1.82, 2.24) is 5.43 Å². The van der Waals surface area contributed by atoms with Gasteiger partial charge in [-0.05, 0) is 55.0 Å². The summed E-state index contributed by atoms with van der Waals surface area (Å²) >= 11 is 0. The maximum atomic E-state index is 12.3. The van der Waals surface area contributed by atoms with Crippen LogP contribution < -0.4 is 23.9 Å². The first-order valence-electron chi connectivity index (χ1n) is 9.64. The third kappa shape index (κ3) is 7.68. The summed E-state index contributed by atoms with van der Waals surface area (Å²) in [6.45, 7) is 1.84. The highest BCUT2D eigenvalue weighted by Crippen LogP contribution is 2.28. The first kappa shape index (κ1) is 25.5. The average Bonchev–Trinajstić information content (AvgIpc) is 2.78. The number of sulfonamides is 1. The van der Waals surface area contributed by atoms with E-state index in [1.165, 1.54) is 32.6 Å². The Morgan fingerprint density at radius 1 is 1.09 bits per heavy atom. The van der Waals surface area contributed by atoms with Gasteiger partial charge in [0.05, 0.1) is 39.0 Å². The summed E-state index contributed by atoms with van der Waals surface area (Å²) in [5.41, 5.74) is 3.12. The Kier molecular flexibility index (Phi) is 9.04. The Labute approximate surface area is 191 Å². The van der Waals surface area contributed by atoms with Gasteiger partial charge >= 0.3 is 6.16 Å². The molecule has 0 atom stereocenters. The molecule has 0 saturated carbocycles. The van der Waals surface area contributed by atoms with Crippen molar-refractivity contribution in [2.75, 3.05) is 37.9 Å². The number of amides is 1. The molecular weight excluding hydrogens is 454 g/mol. The Bertz CT molecular complexity index is 1100. The molecule has 0 fully saturated rings. The van der Waals surface area contributed by atoms with Crippen molar-refractivity contribution in [2.24, 2.45) is 5.10 Å². The number of nitrogens with one attached hydrogen (secondary N) is 1. The van der Waals surface area contributed by atoms with Gasteiger partial charge in [-0.3, -0.25) is 9.10 Å². The van der Waals surface area contributed by atoms with Crippen molar-refractivity contribution in [3.63, 3.8) is 0 Å². The molecule has 0 aliphatic rings. The molecule has 0 spiro atoms. The van der Waals surface area contributed by atoms with Gasteiger partial charge in [-0.25, -0.2) is 18.6 Å². The molecule has 0 saturated heterocycles. The first-order valence-corrected chi connectivity index (χ1v) is 11.5. The monoisotopic (exact) mass is 479 g/mol. The molecule has 33 heavy (non-hydrogen) atoms. The van der Waals surface area contributed by atoms with Crippen molar-refractivity contribution in [3.05, 3.63) is 48.0 Å². The van der Waals surface area contributed by atoms with E-state index in [1.807, 2.05) is 6.92 Å². The molecule has 0 bridgehead atoms. The van der Waals surface area contributed by atoms with Crippen LogP contribution in [0.4, 0.5) is 10.5 Å². The summed E-state index contributed by atoms with van der Waals surface area (Å²) in [5.74, 6) is 0.324. The largest absolute Gasteiger partial charge is 0.513 e. The predicted molar refractivity (Wildman–Crippen MR) is 122 cm³/mol. The van der Waals surface area contributed by atoms with Crippen LogP contribution in [0.25, 0.3) is 0 Å². The minimum atomic E-state index is -3.73. The topological polar surface area (TPSA) is 133 Å². The smallest absolute Gasteiger partial charge is 0.494 e. The van der Waals surface area contributed by atoms with Crippen LogP contribution in [-0.4, -0.2) is 60.3 Å². The van der Waals surface area contributed by atoms with Crippen LogP contribution in [0.1, 0.15) is 12.5 Å². The lowest BCUT2D eigenvalue weighted by Gasteiger charge is -2.21. The fourth-order valence-corrected chi connectivity index (χ4v) is 3.46. The number of hydrazone groups is 1. The molecule has 2 aromatic carbocycles. The van der Waals surface area contributed by atoms with E-state index < -0.39 is 28.6 Å². The van der Waals surface area contributed by atoms with Crippen LogP contribution in [0.5, 0.6) is 17.2 Å². The normalized spacial score (nSPS) is 11.0. The molecule has 178 valence electrons. The minimum absolute atomic E-state index is 0.143. The first-order chi connectivity index (χ1) is 15.7. The number of carbonyl (C=O) groups is 2. The van der Waals surface area contributed by atoms with E-state index in [-0.39, 0.29) is 11.5 Å². The highest BCUT2D eigenvalue weighted by Gasteiger charge is 2.20. The Hall–Kier alpha value is -3.80. The van der Waals surface area contributed by atoms with Crippen molar-refractivity contribution in [3.8, 4) is 17.2 Å². The number of hydrogen-bond donors (Lipinski definition) is 1. The van der Waals surface area contributed by atoms with Gasteiger partial charge in [-0.15, -0.1) is 0 Å². The maximum Gasteiger partial charge on any atom is 0.513 e. The van der Waals surface area contributed by atoms with Gasteiger partial charge in [0.2, 0.25) is 10.0 Å². The zero-order chi connectivity index (χ0) is 24.4. The Balaban J connectivity index is 2.06. The van der Waals surface area contributed by atoms with Gasteiger partial charge in [0, 0.05) is 0 Å². The minimum Gasteiger partial charge on any atom is -0.494 e. The van der Waals surface area contributed by atoms with Crippen molar-refractivity contribution in [2.45, 2.75) is 6.92 Å². The summed E-state index contributed by atoms with van der Waals surface area (Å²) in [4.78, 5) is 23.6. The molecule has 2 rings (SSSR count). The number of ether oxygens (including phenoxy) is 4. The van der Waals surface area contributed by atoms with E-state index in [2.05, 4.69) is 15.3 Å². The van der Waals surface area contributed by atoms with Gasteiger partial charge in [-0.2, -0.15) is 5.10 Å². The number of carbonyl (C=O) groups excluding carboxylic acids is 2. The van der Waals surface area contributed by atoms with Crippen molar-refractivity contribution < 1.29 is 37.0 Å². The number of benzene rings is 2. The highest BCUT2D eigenvalue weighted by molar-refractivity contribution is 7.92. The zero-order valence-electron chi connectivity index (χ0n) is 18.6. The van der Waals surface area contributed by atoms with Crippen LogP contribution >= 0.6 is 0 Å². The third-order valence-electron chi connectivity index (χ3n) is 4.07. The van der Waals surface area contributed by atoms with Crippen LogP contribution in [0.2, 0.25) is 0 Å². The molecule has 0 heterocycles. The number of anilines is 1. The molecule has 11 nitrogen and oxygen atoms in total. The summed E-state index contributed by atoms with van der Waals surface area (Å²) in [7, 11) is -1.16. The third-order valence-corrected chi connectivity index (χ3v) is 5.21. The quantitative estimate of drug-likeness (QED) is 0.237. The molecule has 0 aliphatic heterocycles. The molecule has 2 aromatic rings. The fraction of sp³-hybridized carbons (Fsp3) is 0.286. The fourth-order valence-electron chi connectivity index (χ4n) is 2.60. The molecule has 0 radical (unpaired) electrons. The van der Waals surface area contributed by atoms with E-state index in [9.17, 15) is 18.0 Å². The zero-order valence-corrected chi connectivity index (χ0v) is 19.4. The second kappa shape index (κ2) is 11.7. The molecule has 0 aromatic heterocycles. The van der Waals surface area contributed by atoms with Crippen molar-refractivity contribution >= 4 is 34.0 Å². The van der Waals surface area contributed by atoms with Gasteiger partial charge in [-0.1, -0.05) is 0 Å². The molecule has 1 N–H and O–H groups in total. The molecule has 0 unspecified atom stereocenters. The van der Waals surface area contributed by atoms with Crippen LogP contribution in [0.3, 0.4) is 0 Å². The summed E-state index contributed by atoms with van der Waals surface area (Å²) in [5, 5.41) is 3.84. The van der Waals surface area contributed by atoms with Crippen LogP contribution in [0.15, 0.2) is 47.6 Å². The number of rotatable bonds is 10. The highest BCUT2D eigenvalue weighted by atomic mass is 32.2. The molecular formula is C21H25N3O8S. The van der Waals surface area contributed by atoms with Crippen molar-refractivity contribution in [1.29, 1.82) is 0 Å². The van der Waals surface area contributed by atoms with Gasteiger partial charge in [0.1, 0.15) is 12.3 Å². The van der Waals surface area contributed by atoms with E-state index in [0.29, 0.717) is 23.6 Å². The van der Waals surface area contributed by atoms with Crippen LogP contribution in [-0.2, 0) is 19.6 Å². The SMILES string of the molecule is CCOc1ccc(N(CC(=O)N/N=C\c2ccc(OC(=O)OC)c(OC)c2)S(C)(=O)=O)cc1. The maximum absolute atomic E-state index is 12.3. The van der Waals surface area contributed by atoms with E-state index in [4.69, 9.17) is 14.2 Å². The predicted octanol–water partition coefficient (Wildman–Crippen LogP) is 2.16. The number of nitrogens with zero attached hydrogens (tertiary/aromatic N) is 2. The van der Waals surface area contributed by atoms with Crippen LogP contribution in [0, 0.1) is 0 Å². The summed E-state index contributed by atoms with van der Waals surface area (Å²) in [6, 6.07) is 10.9. The second-order valence-corrected chi connectivity index (χ2v) is 8.36. The summed E-state index contributed by atoms with van der Waals surface area (Å²) < 4.78 is 45.2. The Morgan fingerprint density at radius 2 is 1.79 bits per heavy atom. The average molecular weight is 480 g/mol. The number of hydrogen-bond acceptors (Lipinski definition) is 9. The van der Waals surface area contributed by atoms with Gasteiger partial charge in [0.15, 0.2) is 11.5 Å². The van der Waals surface area contributed by atoms with Gasteiger partial charge in [0.25, 0.3) is 5.91 Å². The van der Waals surface area contributed by atoms with E-state index in [1.54, 1.807) is 30.3 Å². The molecule has 12 heteroatoms. The summed E-state index contributed by atoms with van der Waals surface area (Å²) in [6.07, 6.45) is 1.43. The number of methoxy groups -OCH3 is 2. The standard InChI is InChI=1S/C21H25N3O8S/c1-5-31-17-9-7-16(8-10-17)24(33(4,27)28)14-20(25)23-22-13-15-6-11-18(19(12-15)29-2)32-21(26)30-3/h6-13H,5,14H2,1-4H3,(H,23,25)/b22-13-.